The van der Waals surface area contributed by atoms with Crippen molar-refractivity contribution >= 4 is 21.6 Å². The van der Waals surface area contributed by atoms with E-state index in [2.05, 4.69) is 10.0 Å². The highest BCUT2D eigenvalue weighted by Gasteiger charge is 2.20. The molecule has 1 heterocycles. The van der Waals surface area contributed by atoms with Crippen molar-refractivity contribution in [2.45, 2.75) is 25.2 Å². The zero-order chi connectivity index (χ0) is 16.6. The number of hydrogen-bond acceptors (Lipinski definition) is 3. The maximum absolute atomic E-state index is 12.6. The normalized spacial score (nSPS) is 14.1. The number of hydrogen-bond donors (Lipinski definition) is 2. The maximum atomic E-state index is 12.6. The molecule has 0 saturated heterocycles. The van der Waals surface area contributed by atoms with Gasteiger partial charge in [0.1, 0.15) is 0 Å². The Bertz CT molecular complexity index is 889. The Kier molecular flexibility index (Phi) is 3.85. The Morgan fingerprint density at radius 1 is 1.09 bits per heavy atom. The van der Waals surface area contributed by atoms with Crippen molar-refractivity contribution in [3.8, 4) is 0 Å². The molecule has 120 valence electrons. The molecule has 3 rings (SSSR count). The monoisotopic (exact) mass is 330 g/mol. The highest BCUT2D eigenvalue weighted by Crippen LogP contribution is 2.23. The largest absolute Gasteiger partial charge is 0.352 e. The quantitative estimate of drug-likeness (QED) is 0.907. The minimum Gasteiger partial charge on any atom is -0.352 e. The second-order valence-electron chi connectivity index (χ2n) is 5.75. The number of amides is 1. The van der Waals surface area contributed by atoms with Gasteiger partial charge >= 0.3 is 0 Å². The van der Waals surface area contributed by atoms with Crippen molar-refractivity contribution in [3.05, 3.63) is 58.7 Å². The van der Waals surface area contributed by atoms with Gasteiger partial charge in [-0.25, -0.2) is 8.42 Å². The van der Waals surface area contributed by atoms with Crippen LogP contribution in [-0.2, 0) is 16.4 Å². The van der Waals surface area contributed by atoms with E-state index in [1.807, 2.05) is 13.0 Å². The number of fused-ring (bicyclic) bond motifs is 1. The van der Waals surface area contributed by atoms with E-state index in [1.165, 1.54) is 0 Å². The molecule has 1 aliphatic heterocycles. The van der Waals surface area contributed by atoms with Crippen LogP contribution in [0.1, 0.15) is 27.0 Å². The number of nitrogens with one attached hydrogen (secondary N) is 2. The molecule has 2 N–H and O–H groups in total. The average molecular weight is 330 g/mol. The Balaban J connectivity index is 1.96. The lowest BCUT2D eigenvalue weighted by atomic mass is 10.00. The fourth-order valence-corrected chi connectivity index (χ4v) is 4.06. The molecular formula is C17H18N2O3S. The van der Waals surface area contributed by atoms with Crippen LogP contribution in [0.15, 0.2) is 41.3 Å². The van der Waals surface area contributed by atoms with Gasteiger partial charge in [0, 0.05) is 17.8 Å². The van der Waals surface area contributed by atoms with E-state index in [0.29, 0.717) is 23.4 Å². The molecule has 0 unspecified atom stereocenters. The van der Waals surface area contributed by atoms with Gasteiger partial charge in [0.25, 0.3) is 15.9 Å². The number of benzene rings is 2. The van der Waals surface area contributed by atoms with Crippen LogP contribution >= 0.6 is 0 Å². The standard InChI is InChI=1S/C17H18N2O3S/c1-11-3-4-12(2)16(9-11)23(21,22)19-14-6-5-13-7-8-18-17(20)15(13)10-14/h3-6,9-10,19H,7-8H2,1-2H3,(H,18,20). The van der Waals surface area contributed by atoms with Crippen LogP contribution in [-0.4, -0.2) is 20.9 Å². The van der Waals surface area contributed by atoms with Gasteiger partial charge in [-0.3, -0.25) is 9.52 Å². The first-order valence-corrected chi connectivity index (χ1v) is 8.86. The Morgan fingerprint density at radius 2 is 1.87 bits per heavy atom. The van der Waals surface area contributed by atoms with Crippen LogP contribution in [0, 0.1) is 13.8 Å². The van der Waals surface area contributed by atoms with Gasteiger partial charge in [-0.2, -0.15) is 0 Å². The van der Waals surface area contributed by atoms with E-state index in [1.54, 1.807) is 37.3 Å². The number of carbonyl (C=O) groups is 1. The third-order valence-electron chi connectivity index (χ3n) is 3.92. The van der Waals surface area contributed by atoms with Gasteiger partial charge in [-0.05, 0) is 55.2 Å². The molecule has 5 nitrogen and oxygen atoms in total. The first-order valence-electron chi connectivity index (χ1n) is 7.38. The fourth-order valence-electron chi connectivity index (χ4n) is 2.68. The van der Waals surface area contributed by atoms with Gasteiger partial charge in [-0.1, -0.05) is 18.2 Å². The average Bonchev–Trinajstić information content (AvgIpc) is 2.50. The lowest BCUT2D eigenvalue weighted by molar-refractivity contribution is 0.0946. The Labute approximate surface area is 135 Å². The zero-order valence-electron chi connectivity index (χ0n) is 13.0. The summed E-state index contributed by atoms with van der Waals surface area (Å²) in [6.07, 6.45) is 0.755. The van der Waals surface area contributed by atoms with Crippen molar-refractivity contribution in [3.63, 3.8) is 0 Å². The van der Waals surface area contributed by atoms with E-state index in [4.69, 9.17) is 0 Å². The minimum atomic E-state index is -3.69. The summed E-state index contributed by atoms with van der Waals surface area (Å²) in [4.78, 5) is 12.1. The number of anilines is 1. The van der Waals surface area contributed by atoms with Gasteiger partial charge in [0.2, 0.25) is 0 Å². The van der Waals surface area contributed by atoms with E-state index < -0.39 is 10.0 Å². The molecule has 2 aromatic rings. The molecule has 0 spiro atoms. The number of rotatable bonds is 3. The molecule has 0 radical (unpaired) electrons. The molecule has 0 aliphatic carbocycles. The highest BCUT2D eigenvalue weighted by atomic mass is 32.2. The number of aryl methyl sites for hydroxylation is 2. The topological polar surface area (TPSA) is 75.3 Å². The van der Waals surface area contributed by atoms with Gasteiger partial charge in [0.05, 0.1) is 4.90 Å². The van der Waals surface area contributed by atoms with Crippen molar-refractivity contribution in [1.29, 1.82) is 0 Å². The minimum absolute atomic E-state index is 0.168. The van der Waals surface area contributed by atoms with Crippen molar-refractivity contribution in [2.24, 2.45) is 0 Å². The first kappa shape index (κ1) is 15.6. The predicted molar refractivity (Wildman–Crippen MR) is 89.2 cm³/mol. The third kappa shape index (κ3) is 3.07. The molecule has 0 atom stereocenters. The molecule has 0 bridgehead atoms. The maximum Gasteiger partial charge on any atom is 0.262 e. The number of carbonyl (C=O) groups excluding carboxylic acids is 1. The Morgan fingerprint density at radius 3 is 2.65 bits per heavy atom. The first-order chi connectivity index (χ1) is 10.9. The summed E-state index contributed by atoms with van der Waals surface area (Å²) in [5, 5.41) is 2.76. The summed E-state index contributed by atoms with van der Waals surface area (Å²) < 4.78 is 27.8. The van der Waals surface area contributed by atoms with E-state index in [-0.39, 0.29) is 10.8 Å². The SMILES string of the molecule is Cc1ccc(C)c(S(=O)(=O)Nc2ccc3c(c2)C(=O)NCC3)c1. The molecule has 0 aromatic heterocycles. The van der Waals surface area contributed by atoms with E-state index in [0.717, 1.165) is 17.5 Å². The summed E-state index contributed by atoms with van der Waals surface area (Å²) in [6, 6.07) is 10.4. The summed E-state index contributed by atoms with van der Waals surface area (Å²) in [5.41, 5.74) is 3.40. The fraction of sp³-hybridized carbons (Fsp3) is 0.235. The lowest BCUT2D eigenvalue weighted by Crippen LogP contribution is -2.31. The second-order valence-corrected chi connectivity index (χ2v) is 7.40. The Hall–Kier alpha value is -2.34. The van der Waals surface area contributed by atoms with Gasteiger partial charge < -0.3 is 5.32 Å². The second kappa shape index (κ2) is 5.70. The lowest BCUT2D eigenvalue weighted by Gasteiger charge is -2.18. The molecule has 1 aliphatic rings. The molecule has 6 heteroatoms. The van der Waals surface area contributed by atoms with Crippen molar-refractivity contribution in [1.82, 2.24) is 5.32 Å². The van der Waals surface area contributed by atoms with Crippen molar-refractivity contribution in [2.75, 3.05) is 11.3 Å². The molecule has 0 saturated carbocycles. The van der Waals surface area contributed by atoms with Crippen molar-refractivity contribution < 1.29 is 13.2 Å². The summed E-state index contributed by atoms with van der Waals surface area (Å²) in [6.45, 7) is 4.22. The van der Waals surface area contributed by atoms with Gasteiger partial charge in [0.15, 0.2) is 0 Å². The third-order valence-corrected chi connectivity index (χ3v) is 5.44. The van der Waals surface area contributed by atoms with E-state index in [9.17, 15) is 13.2 Å². The smallest absolute Gasteiger partial charge is 0.262 e. The molecule has 0 fully saturated rings. The van der Waals surface area contributed by atoms with Crippen LogP contribution in [0.3, 0.4) is 0 Å². The zero-order valence-corrected chi connectivity index (χ0v) is 13.8. The summed E-state index contributed by atoms with van der Waals surface area (Å²) >= 11 is 0. The highest BCUT2D eigenvalue weighted by molar-refractivity contribution is 7.92. The van der Waals surface area contributed by atoms with Gasteiger partial charge in [-0.15, -0.1) is 0 Å². The van der Waals surface area contributed by atoms with Crippen LogP contribution in [0.5, 0.6) is 0 Å². The van der Waals surface area contributed by atoms with Crippen LogP contribution < -0.4 is 10.0 Å². The van der Waals surface area contributed by atoms with Crippen LogP contribution in [0.4, 0.5) is 5.69 Å². The molecular weight excluding hydrogens is 312 g/mol. The summed E-state index contributed by atoms with van der Waals surface area (Å²) in [5.74, 6) is -0.168. The predicted octanol–water partition coefficient (Wildman–Crippen LogP) is 2.39. The van der Waals surface area contributed by atoms with Crippen LogP contribution in [0.2, 0.25) is 0 Å². The van der Waals surface area contributed by atoms with Crippen LogP contribution in [0.25, 0.3) is 0 Å². The van der Waals surface area contributed by atoms with E-state index >= 15 is 0 Å². The summed E-state index contributed by atoms with van der Waals surface area (Å²) in [7, 11) is -3.69. The molecule has 2 aromatic carbocycles. The number of sulfonamides is 1. The molecule has 1 amide bonds. The molecule has 23 heavy (non-hydrogen) atoms.